The number of aromatic hydroxyl groups is 1. The Kier molecular flexibility index (Phi) is 10.4. The standard InChI is InChI=1S/C26H33BrN4O2/c1-2-3-4-5-6-7-8-9-16-31-19-24(29-30-31)20-33-25-15-10-21(26(32)17-25)18-28-23-13-11-22(27)12-14-23/h10-15,17-19,32H,2-9,16,20H2,1H3. The van der Waals surface area contributed by atoms with Crippen LogP contribution in [0.25, 0.3) is 0 Å². The lowest BCUT2D eigenvalue weighted by atomic mass is 10.1. The normalized spacial score (nSPS) is 11.3. The topological polar surface area (TPSA) is 72.5 Å². The van der Waals surface area contributed by atoms with E-state index in [0.717, 1.165) is 28.8 Å². The van der Waals surface area contributed by atoms with Gasteiger partial charge in [0.25, 0.3) is 0 Å². The second-order valence-corrected chi connectivity index (χ2v) is 9.11. The van der Waals surface area contributed by atoms with Gasteiger partial charge in [-0.25, -0.2) is 0 Å². The van der Waals surface area contributed by atoms with Crippen LogP contribution in [0.15, 0.2) is 58.1 Å². The minimum absolute atomic E-state index is 0.117. The molecule has 0 bridgehead atoms. The van der Waals surface area contributed by atoms with E-state index >= 15 is 0 Å². The number of nitrogens with zero attached hydrogens (tertiary/aromatic N) is 4. The van der Waals surface area contributed by atoms with Crippen LogP contribution in [0.5, 0.6) is 11.5 Å². The van der Waals surface area contributed by atoms with Gasteiger partial charge in [0, 0.05) is 28.9 Å². The lowest BCUT2D eigenvalue weighted by Crippen LogP contribution is -1.99. The Hall–Kier alpha value is -2.67. The van der Waals surface area contributed by atoms with Crippen LogP contribution in [-0.4, -0.2) is 26.3 Å². The van der Waals surface area contributed by atoms with Gasteiger partial charge in [0.2, 0.25) is 0 Å². The Morgan fingerprint density at radius 3 is 2.45 bits per heavy atom. The molecule has 1 heterocycles. The zero-order valence-corrected chi connectivity index (χ0v) is 20.9. The molecule has 1 N–H and O–H groups in total. The summed E-state index contributed by atoms with van der Waals surface area (Å²) >= 11 is 3.40. The Morgan fingerprint density at radius 2 is 1.73 bits per heavy atom. The summed E-state index contributed by atoms with van der Waals surface area (Å²) in [7, 11) is 0. The average molecular weight is 513 g/mol. The van der Waals surface area contributed by atoms with Crippen LogP contribution in [-0.2, 0) is 13.2 Å². The maximum atomic E-state index is 10.3. The monoisotopic (exact) mass is 512 g/mol. The van der Waals surface area contributed by atoms with Gasteiger partial charge < -0.3 is 9.84 Å². The van der Waals surface area contributed by atoms with Crippen LogP contribution in [0.2, 0.25) is 0 Å². The molecule has 0 saturated carbocycles. The maximum Gasteiger partial charge on any atom is 0.134 e. The molecule has 3 rings (SSSR count). The number of ether oxygens (including phenoxy) is 1. The molecule has 0 aliphatic heterocycles. The number of halogens is 1. The number of benzene rings is 2. The molecule has 0 atom stereocenters. The van der Waals surface area contributed by atoms with Crippen LogP contribution >= 0.6 is 15.9 Å². The maximum absolute atomic E-state index is 10.3. The molecule has 6 nitrogen and oxygen atoms in total. The van der Waals surface area contributed by atoms with Gasteiger partial charge in [-0.3, -0.25) is 9.67 Å². The predicted molar refractivity (Wildman–Crippen MR) is 136 cm³/mol. The molecule has 2 aromatic carbocycles. The van der Waals surface area contributed by atoms with Gasteiger partial charge >= 0.3 is 0 Å². The number of aromatic nitrogens is 3. The van der Waals surface area contributed by atoms with E-state index in [-0.39, 0.29) is 5.75 Å². The Labute approximate surface area is 204 Å². The van der Waals surface area contributed by atoms with E-state index in [1.807, 2.05) is 41.2 Å². The van der Waals surface area contributed by atoms with Crippen molar-refractivity contribution >= 4 is 27.8 Å². The van der Waals surface area contributed by atoms with Crippen LogP contribution in [0.3, 0.4) is 0 Å². The minimum atomic E-state index is 0.117. The molecular formula is C26H33BrN4O2. The highest BCUT2D eigenvalue weighted by Crippen LogP contribution is 2.24. The molecule has 0 spiro atoms. The van der Waals surface area contributed by atoms with Crippen molar-refractivity contribution in [2.75, 3.05) is 0 Å². The number of rotatable bonds is 14. The first-order chi connectivity index (χ1) is 16.1. The summed E-state index contributed by atoms with van der Waals surface area (Å²) in [5.41, 5.74) is 2.21. The lowest BCUT2D eigenvalue weighted by Gasteiger charge is -2.06. The molecule has 7 heteroatoms. The lowest BCUT2D eigenvalue weighted by molar-refractivity contribution is 0.299. The average Bonchev–Trinajstić information content (AvgIpc) is 3.27. The molecule has 0 saturated heterocycles. The Morgan fingerprint density at radius 1 is 1.00 bits per heavy atom. The summed E-state index contributed by atoms with van der Waals surface area (Å²) in [5.74, 6) is 0.692. The fourth-order valence-corrected chi connectivity index (χ4v) is 3.74. The fraction of sp³-hybridized carbons (Fsp3) is 0.423. The number of aliphatic imine (C=N–C) groups is 1. The van der Waals surface area contributed by atoms with E-state index in [9.17, 15) is 5.11 Å². The third kappa shape index (κ3) is 9.00. The van der Waals surface area contributed by atoms with Gasteiger partial charge in [0.15, 0.2) is 0 Å². The number of hydrogen-bond acceptors (Lipinski definition) is 5. The van der Waals surface area contributed by atoms with Gasteiger partial charge in [-0.2, -0.15) is 0 Å². The molecule has 0 aliphatic carbocycles. The van der Waals surface area contributed by atoms with E-state index in [0.29, 0.717) is 17.9 Å². The zero-order chi connectivity index (χ0) is 23.3. The highest BCUT2D eigenvalue weighted by Gasteiger charge is 2.05. The Balaban J connectivity index is 1.40. The van der Waals surface area contributed by atoms with Gasteiger partial charge in [0.05, 0.1) is 11.9 Å². The van der Waals surface area contributed by atoms with E-state index in [1.54, 1.807) is 18.3 Å². The largest absolute Gasteiger partial charge is 0.507 e. The quantitative estimate of drug-likeness (QED) is 0.183. The third-order valence-corrected chi connectivity index (χ3v) is 5.92. The molecule has 0 amide bonds. The first-order valence-corrected chi connectivity index (χ1v) is 12.6. The Bertz CT molecular complexity index is 1000. The summed E-state index contributed by atoms with van der Waals surface area (Å²) in [6.07, 6.45) is 13.9. The van der Waals surface area contributed by atoms with Crippen molar-refractivity contribution in [1.29, 1.82) is 0 Å². The van der Waals surface area contributed by atoms with E-state index < -0.39 is 0 Å². The van der Waals surface area contributed by atoms with Gasteiger partial charge in [0.1, 0.15) is 23.8 Å². The molecule has 0 aliphatic rings. The van der Waals surface area contributed by atoms with Gasteiger partial charge in [-0.15, -0.1) is 5.10 Å². The van der Waals surface area contributed by atoms with Crippen molar-refractivity contribution < 1.29 is 9.84 Å². The zero-order valence-electron chi connectivity index (χ0n) is 19.3. The molecule has 1 aromatic heterocycles. The number of aryl methyl sites for hydroxylation is 1. The molecule has 33 heavy (non-hydrogen) atoms. The SMILES string of the molecule is CCCCCCCCCCn1cc(COc2ccc(C=Nc3ccc(Br)cc3)c(O)c2)nn1. The molecule has 176 valence electrons. The van der Waals surface area contributed by atoms with Crippen LogP contribution in [0.1, 0.15) is 69.5 Å². The molecule has 3 aromatic rings. The summed E-state index contributed by atoms with van der Waals surface area (Å²) in [6, 6.07) is 12.8. The molecule has 0 fully saturated rings. The smallest absolute Gasteiger partial charge is 0.134 e. The number of phenols is 1. The summed E-state index contributed by atoms with van der Waals surface area (Å²) in [5, 5.41) is 18.7. The van der Waals surface area contributed by atoms with Crippen molar-refractivity contribution in [2.24, 2.45) is 4.99 Å². The number of unbranched alkanes of at least 4 members (excludes halogenated alkanes) is 7. The van der Waals surface area contributed by atoms with Gasteiger partial charge in [-0.1, -0.05) is 73.0 Å². The van der Waals surface area contributed by atoms with Crippen molar-refractivity contribution in [1.82, 2.24) is 15.0 Å². The van der Waals surface area contributed by atoms with E-state index in [2.05, 4.69) is 38.2 Å². The van der Waals surface area contributed by atoms with Crippen LogP contribution in [0, 0.1) is 0 Å². The van der Waals surface area contributed by atoms with Crippen molar-refractivity contribution in [3.63, 3.8) is 0 Å². The highest BCUT2D eigenvalue weighted by molar-refractivity contribution is 9.10. The van der Waals surface area contributed by atoms with Crippen molar-refractivity contribution in [2.45, 2.75) is 71.4 Å². The van der Waals surface area contributed by atoms with Crippen LogP contribution < -0.4 is 4.74 Å². The summed E-state index contributed by atoms with van der Waals surface area (Å²) in [4.78, 5) is 4.39. The third-order valence-electron chi connectivity index (χ3n) is 5.39. The highest BCUT2D eigenvalue weighted by atomic mass is 79.9. The fourth-order valence-electron chi connectivity index (χ4n) is 3.47. The second-order valence-electron chi connectivity index (χ2n) is 8.19. The number of phenolic OH excluding ortho intramolecular Hbond substituents is 1. The summed E-state index contributed by atoms with van der Waals surface area (Å²) < 4.78 is 8.66. The van der Waals surface area contributed by atoms with Crippen molar-refractivity contribution in [3.05, 3.63) is 64.4 Å². The molecule has 0 radical (unpaired) electrons. The van der Waals surface area contributed by atoms with E-state index in [4.69, 9.17) is 4.74 Å². The second kappa shape index (κ2) is 13.8. The summed E-state index contributed by atoms with van der Waals surface area (Å²) in [6.45, 7) is 3.44. The first kappa shape index (κ1) is 25.0. The van der Waals surface area contributed by atoms with Gasteiger partial charge in [-0.05, 0) is 42.8 Å². The minimum Gasteiger partial charge on any atom is -0.507 e. The number of hydrogen-bond donors (Lipinski definition) is 1. The first-order valence-electron chi connectivity index (χ1n) is 11.8. The van der Waals surface area contributed by atoms with Crippen molar-refractivity contribution in [3.8, 4) is 11.5 Å². The molecular weight excluding hydrogens is 480 g/mol. The predicted octanol–water partition coefficient (Wildman–Crippen LogP) is 7.22. The van der Waals surface area contributed by atoms with E-state index in [1.165, 1.54) is 44.9 Å². The van der Waals surface area contributed by atoms with Crippen LogP contribution in [0.4, 0.5) is 5.69 Å². The molecule has 0 unspecified atom stereocenters.